The zero-order valence-electron chi connectivity index (χ0n) is 41.8. The van der Waals surface area contributed by atoms with Gasteiger partial charge in [-0.25, -0.2) is 0 Å². The van der Waals surface area contributed by atoms with E-state index in [1.54, 1.807) is 0 Å². The number of para-hydroxylation sites is 2. The molecule has 0 N–H and O–H groups in total. The molecule has 340 valence electrons. The lowest BCUT2D eigenvalue weighted by Gasteiger charge is -2.35. The molecule has 0 amide bonds. The Hall–Kier alpha value is -6.90. The van der Waals surface area contributed by atoms with Gasteiger partial charge in [0.05, 0.1) is 22.7 Å². The Balaban J connectivity index is 1.33. The van der Waals surface area contributed by atoms with Gasteiger partial charge in [0.2, 0.25) is 0 Å². The Bertz CT molecular complexity index is 3340. The van der Waals surface area contributed by atoms with Crippen molar-refractivity contribution in [2.24, 2.45) is 0 Å². The molecule has 1 aliphatic rings. The second kappa shape index (κ2) is 17.6. The molecular weight excluding hydrogens is 821 g/mol. The topological polar surface area (TPSA) is 6.48 Å². The molecule has 0 radical (unpaired) electrons. The maximum absolute atomic E-state index is 2.58. The van der Waals surface area contributed by atoms with E-state index in [4.69, 9.17) is 0 Å². The van der Waals surface area contributed by atoms with E-state index >= 15 is 0 Å². The van der Waals surface area contributed by atoms with E-state index < -0.39 is 0 Å². The molecular formula is C66H66N2. The fourth-order valence-electron chi connectivity index (χ4n) is 10.8. The molecule has 9 aromatic carbocycles. The van der Waals surface area contributed by atoms with Crippen molar-refractivity contribution < 1.29 is 0 Å². The highest BCUT2D eigenvalue weighted by atomic mass is 15.2. The minimum absolute atomic E-state index is 0.117. The zero-order chi connectivity index (χ0) is 47.5. The summed E-state index contributed by atoms with van der Waals surface area (Å²) >= 11 is 0. The van der Waals surface area contributed by atoms with Gasteiger partial charge >= 0.3 is 0 Å². The van der Waals surface area contributed by atoms with Crippen molar-refractivity contribution in [1.29, 1.82) is 0 Å². The molecule has 0 saturated heterocycles. The van der Waals surface area contributed by atoms with Gasteiger partial charge in [-0.2, -0.15) is 0 Å². The van der Waals surface area contributed by atoms with Crippen molar-refractivity contribution in [1.82, 2.24) is 0 Å². The normalized spacial score (nSPS) is 13.3. The Morgan fingerprint density at radius 2 is 0.824 bits per heavy atom. The van der Waals surface area contributed by atoms with Gasteiger partial charge in [0.15, 0.2) is 0 Å². The molecule has 68 heavy (non-hydrogen) atoms. The smallest absolute Gasteiger partial charge is 0.0543 e. The van der Waals surface area contributed by atoms with E-state index in [9.17, 15) is 0 Å². The molecule has 10 rings (SSSR count). The third-order valence-electron chi connectivity index (χ3n) is 14.2. The van der Waals surface area contributed by atoms with Gasteiger partial charge < -0.3 is 9.80 Å². The van der Waals surface area contributed by atoms with Crippen LogP contribution in [0.5, 0.6) is 0 Å². The summed E-state index contributed by atoms with van der Waals surface area (Å²) in [6.07, 6.45) is 9.19. The molecule has 0 saturated carbocycles. The molecule has 0 spiro atoms. The van der Waals surface area contributed by atoms with Gasteiger partial charge in [0.1, 0.15) is 0 Å². The minimum Gasteiger partial charge on any atom is -0.310 e. The van der Waals surface area contributed by atoms with Crippen LogP contribution in [0.4, 0.5) is 34.1 Å². The lowest BCUT2D eigenvalue weighted by Crippen LogP contribution is -2.20. The van der Waals surface area contributed by atoms with Crippen LogP contribution < -0.4 is 9.80 Å². The van der Waals surface area contributed by atoms with E-state index in [2.05, 4.69) is 261 Å². The van der Waals surface area contributed by atoms with E-state index in [0.29, 0.717) is 0 Å². The highest BCUT2D eigenvalue weighted by Gasteiger charge is 2.31. The number of benzene rings is 9. The minimum atomic E-state index is -0.128. The van der Waals surface area contributed by atoms with Crippen molar-refractivity contribution in [3.05, 3.63) is 210 Å². The van der Waals surface area contributed by atoms with Crippen molar-refractivity contribution in [2.45, 2.75) is 105 Å². The fraction of sp³-hybridized carbons (Fsp3) is 0.242. The maximum atomic E-state index is 2.58. The van der Waals surface area contributed by atoms with Crippen LogP contribution in [0.2, 0.25) is 0 Å². The SMILES string of the molecule is CC(C)c1cc(N(c2ccccc2)c2cc(C3=CCCC=C3)ccc2C(C)(C)C)c2ccc3c(C(C)C)cc(N(c4ccccc4)c4cc(-c5ccccc5)ccc4C(C)(C)C)c4ccc1c2c34. The number of allylic oxidation sites excluding steroid dienone is 4. The van der Waals surface area contributed by atoms with Crippen molar-refractivity contribution in [3.8, 4) is 11.1 Å². The van der Waals surface area contributed by atoms with Gasteiger partial charge in [0.25, 0.3) is 0 Å². The fourth-order valence-corrected chi connectivity index (χ4v) is 10.8. The van der Waals surface area contributed by atoms with Gasteiger partial charge in [-0.3, -0.25) is 0 Å². The van der Waals surface area contributed by atoms with Gasteiger partial charge in [-0.1, -0.05) is 203 Å². The largest absolute Gasteiger partial charge is 0.310 e. The first-order chi connectivity index (χ1) is 32.7. The quantitative estimate of drug-likeness (QED) is 0.126. The summed E-state index contributed by atoms with van der Waals surface area (Å²) in [5.74, 6) is 0.556. The monoisotopic (exact) mass is 887 g/mol. The Morgan fingerprint density at radius 1 is 0.397 bits per heavy atom. The summed E-state index contributed by atoms with van der Waals surface area (Å²) in [7, 11) is 0. The highest BCUT2D eigenvalue weighted by Crippen LogP contribution is 2.53. The van der Waals surface area contributed by atoms with Crippen LogP contribution in [-0.4, -0.2) is 0 Å². The van der Waals surface area contributed by atoms with Crippen LogP contribution >= 0.6 is 0 Å². The van der Waals surface area contributed by atoms with Crippen LogP contribution in [0.3, 0.4) is 0 Å². The van der Waals surface area contributed by atoms with E-state index in [-0.39, 0.29) is 22.7 Å². The van der Waals surface area contributed by atoms with Crippen molar-refractivity contribution in [2.75, 3.05) is 9.80 Å². The molecule has 9 aromatic rings. The van der Waals surface area contributed by atoms with Crippen LogP contribution in [0.15, 0.2) is 182 Å². The average Bonchev–Trinajstić information content (AvgIpc) is 3.34. The number of rotatable bonds is 10. The standard InChI is InChI=1S/C66H66N2/c1-43(2)55-41-59(67(49-27-19-13-20-28-49)61-39-47(45-23-15-11-16-24-45)31-37-57(61)65(5,6)7)53-36-34-52-56(44(3)4)42-60(54-35-33-51(55)63(53)64(52)54)68(50-29-21-14-22-30-50)62-40-48(46-25-17-12-18-26-46)32-38-58(62)66(8,9)10/h11,13-17,19-44H,12,18H2,1-10H3. The molecule has 1 aliphatic carbocycles. The van der Waals surface area contributed by atoms with Gasteiger partial charge in [-0.05, 0) is 150 Å². The van der Waals surface area contributed by atoms with Crippen LogP contribution in [-0.2, 0) is 10.8 Å². The molecule has 0 heterocycles. The lowest BCUT2D eigenvalue weighted by atomic mass is 9.82. The summed E-state index contributed by atoms with van der Waals surface area (Å²) in [4.78, 5) is 5.15. The number of hydrogen-bond donors (Lipinski definition) is 0. The number of hydrogen-bond acceptors (Lipinski definition) is 2. The zero-order valence-corrected chi connectivity index (χ0v) is 41.8. The Kier molecular flexibility index (Phi) is 11.6. The van der Waals surface area contributed by atoms with Crippen molar-refractivity contribution in [3.63, 3.8) is 0 Å². The number of nitrogens with zero attached hydrogens (tertiary/aromatic N) is 2. The Labute approximate surface area is 405 Å². The third-order valence-corrected chi connectivity index (χ3v) is 14.2. The Morgan fingerprint density at radius 3 is 1.25 bits per heavy atom. The molecule has 2 nitrogen and oxygen atoms in total. The van der Waals surface area contributed by atoms with Gasteiger partial charge in [0, 0.05) is 22.1 Å². The first-order valence-electron chi connectivity index (χ1n) is 24.9. The first kappa shape index (κ1) is 44.9. The second-order valence-corrected chi connectivity index (χ2v) is 21.7. The summed E-state index contributed by atoms with van der Waals surface area (Å²) in [5.41, 5.74) is 17.2. The molecule has 0 aromatic heterocycles. The maximum Gasteiger partial charge on any atom is 0.0543 e. The highest BCUT2D eigenvalue weighted by molar-refractivity contribution is 6.29. The molecule has 0 atom stereocenters. The van der Waals surface area contributed by atoms with Gasteiger partial charge in [-0.15, -0.1) is 0 Å². The molecule has 0 bridgehead atoms. The third kappa shape index (κ3) is 8.08. The van der Waals surface area contributed by atoms with E-state index in [1.165, 1.54) is 99.6 Å². The summed E-state index contributed by atoms with van der Waals surface area (Å²) < 4.78 is 0. The predicted octanol–water partition coefficient (Wildman–Crippen LogP) is 19.8. The van der Waals surface area contributed by atoms with Crippen molar-refractivity contribution >= 4 is 72.0 Å². The van der Waals surface area contributed by atoms with E-state index in [0.717, 1.165) is 24.2 Å². The summed E-state index contributed by atoms with van der Waals surface area (Å²) in [5, 5.41) is 7.82. The van der Waals surface area contributed by atoms with Crippen LogP contribution in [0, 0.1) is 0 Å². The lowest BCUT2D eigenvalue weighted by molar-refractivity contribution is 0.590. The first-order valence-corrected chi connectivity index (χ1v) is 24.9. The number of anilines is 6. The summed E-state index contributed by atoms with van der Waals surface area (Å²) in [6.45, 7) is 23.5. The second-order valence-electron chi connectivity index (χ2n) is 21.7. The van der Waals surface area contributed by atoms with Crippen LogP contribution in [0.1, 0.15) is 122 Å². The van der Waals surface area contributed by atoms with Crippen LogP contribution in [0.25, 0.3) is 49.0 Å². The van der Waals surface area contributed by atoms with E-state index in [1.807, 2.05) is 0 Å². The molecule has 0 aliphatic heterocycles. The average molecular weight is 887 g/mol. The molecule has 0 unspecified atom stereocenters. The molecule has 2 heteroatoms. The predicted molar refractivity (Wildman–Crippen MR) is 297 cm³/mol. The summed E-state index contributed by atoms with van der Waals surface area (Å²) in [6, 6.07) is 62.1. The molecule has 0 fully saturated rings.